The van der Waals surface area contributed by atoms with Crippen LogP contribution in [0.4, 0.5) is 4.79 Å². The fourth-order valence-corrected chi connectivity index (χ4v) is 4.16. The Kier molecular flexibility index (Phi) is 10.3. The summed E-state index contributed by atoms with van der Waals surface area (Å²) in [6.07, 6.45) is -0.624. The lowest BCUT2D eigenvalue weighted by Gasteiger charge is -2.32. The van der Waals surface area contributed by atoms with Gasteiger partial charge < -0.3 is 34.2 Å². The molecule has 0 aliphatic carbocycles. The Morgan fingerprint density at radius 3 is 2.12 bits per heavy atom. The molecular weight excluding hydrogens is 539 g/mol. The molecule has 228 valence electrons. The maximum Gasteiger partial charge on any atom is 0.498 e. The fraction of sp³-hybridized carbons (Fsp3) is 0.516. The van der Waals surface area contributed by atoms with Gasteiger partial charge in [-0.25, -0.2) is 9.59 Å². The molecule has 11 heteroatoms. The van der Waals surface area contributed by atoms with E-state index in [4.69, 9.17) is 23.5 Å². The molecule has 2 N–H and O–H groups in total. The van der Waals surface area contributed by atoms with E-state index >= 15 is 0 Å². The minimum absolute atomic E-state index is 0.114. The Hall–Kier alpha value is -3.57. The van der Waals surface area contributed by atoms with Gasteiger partial charge in [-0.2, -0.15) is 0 Å². The van der Waals surface area contributed by atoms with Crippen LogP contribution in [-0.4, -0.2) is 61.1 Å². The number of carbonyl (C=O) groups excluding carboxylic acids is 3. The maximum absolute atomic E-state index is 12.9. The van der Waals surface area contributed by atoms with E-state index in [1.807, 2.05) is 76.2 Å². The van der Waals surface area contributed by atoms with Crippen LogP contribution in [0.3, 0.4) is 0 Å². The van der Waals surface area contributed by atoms with Gasteiger partial charge >= 0.3 is 19.2 Å². The highest BCUT2D eigenvalue weighted by atomic mass is 16.7. The molecule has 42 heavy (non-hydrogen) atoms. The zero-order chi connectivity index (χ0) is 31.3. The number of carbonyl (C=O) groups is 3. The van der Waals surface area contributed by atoms with Crippen molar-refractivity contribution in [3.05, 3.63) is 59.7 Å². The Bertz CT molecular complexity index is 1240. The van der Waals surface area contributed by atoms with Gasteiger partial charge in [0.1, 0.15) is 30.0 Å². The zero-order valence-electron chi connectivity index (χ0n) is 26.0. The second-order valence-electron chi connectivity index (χ2n) is 12.4. The van der Waals surface area contributed by atoms with E-state index in [1.54, 1.807) is 20.8 Å². The standard InChI is InChI=1S/C31H43BN2O8/c1-20(33-28(37)40-29(2,3)4)26(35)34-24(27(36)38-9)18-22-15-16-25(39-19-21-13-11-10-12-14-21)23(17-22)32-41-30(5,6)31(7,8)42-32/h10-17,20,24H,18-19H2,1-9H3,(H,33,37)(H,34,35)/t20-,24-/m0/s1. The van der Waals surface area contributed by atoms with Crippen LogP contribution in [0.25, 0.3) is 0 Å². The first-order valence-corrected chi connectivity index (χ1v) is 14.0. The fourth-order valence-electron chi connectivity index (χ4n) is 4.16. The number of esters is 1. The molecule has 0 aromatic heterocycles. The highest BCUT2D eigenvalue weighted by Gasteiger charge is 2.52. The number of benzene rings is 2. The van der Waals surface area contributed by atoms with Crippen LogP contribution in [0.2, 0.25) is 0 Å². The Labute approximate surface area is 248 Å². The summed E-state index contributed by atoms with van der Waals surface area (Å²) in [6, 6.07) is 13.3. The van der Waals surface area contributed by atoms with Gasteiger partial charge in [-0.3, -0.25) is 4.79 Å². The second-order valence-corrected chi connectivity index (χ2v) is 12.4. The van der Waals surface area contributed by atoms with Crippen molar-refractivity contribution >= 4 is 30.6 Å². The van der Waals surface area contributed by atoms with Crippen molar-refractivity contribution in [2.75, 3.05) is 7.11 Å². The molecule has 2 aromatic carbocycles. The number of hydrogen-bond donors (Lipinski definition) is 2. The van der Waals surface area contributed by atoms with E-state index in [9.17, 15) is 14.4 Å². The number of hydrogen-bond acceptors (Lipinski definition) is 8. The van der Waals surface area contributed by atoms with E-state index in [2.05, 4.69) is 10.6 Å². The largest absolute Gasteiger partial charge is 0.498 e. The number of ether oxygens (including phenoxy) is 3. The quantitative estimate of drug-likeness (QED) is 0.322. The number of alkyl carbamates (subject to hydrolysis) is 1. The predicted molar refractivity (Wildman–Crippen MR) is 159 cm³/mol. The van der Waals surface area contributed by atoms with Crippen molar-refractivity contribution in [2.24, 2.45) is 0 Å². The first-order valence-electron chi connectivity index (χ1n) is 14.0. The lowest BCUT2D eigenvalue weighted by atomic mass is 9.77. The minimum atomic E-state index is -1.02. The van der Waals surface area contributed by atoms with Crippen molar-refractivity contribution < 1.29 is 37.9 Å². The van der Waals surface area contributed by atoms with Crippen molar-refractivity contribution in [2.45, 2.75) is 97.3 Å². The predicted octanol–water partition coefficient (Wildman–Crippen LogP) is 3.68. The summed E-state index contributed by atoms with van der Waals surface area (Å²) in [5.74, 6) is -0.616. The van der Waals surface area contributed by atoms with Gasteiger partial charge in [-0.05, 0) is 72.6 Å². The highest BCUT2D eigenvalue weighted by molar-refractivity contribution is 6.63. The number of rotatable bonds is 10. The molecule has 1 aliphatic rings. The monoisotopic (exact) mass is 582 g/mol. The molecule has 1 fully saturated rings. The van der Waals surface area contributed by atoms with Crippen LogP contribution in [-0.2, 0) is 41.4 Å². The summed E-state index contributed by atoms with van der Waals surface area (Å²) in [5, 5.41) is 5.17. The van der Waals surface area contributed by atoms with Crippen LogP contribution >= 0.6 is 0 Å². The summed E-state index contributed by atoms with van der Waals surface area (Å²) in [4.78, 5) is 37.7. The van der Waals surface area contributed by atoms with Gasteiger partial charge in [-0.15, -0.1) is 0 Å². The molecule has 0 unspecified atom stereocenters. The van der Waals surface area contributed by atoms with Crippen LogP contribution in [0.1, 0.15) is 66.5 Å². The molecule has 0 radical (unpaired) electrons. The van der Waals surface area contributed by atoms with E-state index in [0.717, 1.165) is 11.1 Å². The molecule has 1 saturated heterocycles. The number of methoxy groups -OCH3 is 1. The second kappa shape index (κ2) is 13.2. The third-order valence-corrected chi connectivity index (χ3v) is 7.19. The topological polar surface area (TPSA) is 121 Å². The van der Waals surface area contributed by atoms with E-state index in [-0.39, 0.29) is 6.42 Å². The summed E-state index contributed by atoms with van der Waals surface area (Å²) in [6.45, 7) is 14.9. The van der Waals surface area contributed by atoms with Gasteiger partial charge in [-0.1, -0.05) is 42.5 Å². The zero-order valence-corrected chi connectivity index (χ0v) is 26.0. The van der Waals surface area contributed by atoms with Crippen molar-refractivity contribution in [3.63, 3.8) is 0 Å². The van der Waals surface area contributed by atoms with Gasteiger partial charge in [0.15, 0.2) is 0 Å². The maximum atomic E-state index is 12.9. The van der Waals surface area contributed by atoms with Gasteiger partial charge in [0.05, 0.1) is 18.3 Å². The van der Waals surface area contributed by atoms with Crippen LogP contribution in [0, 0.1) is 0 Å². The van der Waals surface area contributed by atoms with E-state index in [0.29, 0.717) is 17.8 Å². The van der Waals surface area contributed by atoms with E-state index in [1.165, 1.54) is 14.0 Å². The SMILES string of the molecule is COC(=O)[C@H](Cc1ccc(OCc2ccccc2)c(B2OC(C)(C)C(C)(C)O2)c1)NC(=O)[C@H](C)NC(=O)OC(C)(C)C. The molecular formula is C31H43BN2O8. The minimum Gasteiger partial charge on any atom is -0.489 e. The van der Waals surface area contributed by atoms with Crippen molar-refractivity contribution in [3.8, 4) is 5.75 Å². The summed E-state index contributed by atoms with van der Waals surface area (Å²) in [7, 11) is 0.533. The third-order valence-electron chi connectivity index (χ3n) is 7.19. The van der Waals surface area contributed by atoms with Gasteiger partial charge in [0.2, 0.25) is 5.91 Å². The normalized spacial score (nSPS) is 17.1. The molecule has 10 nitrogen and oxygen atoms in total. The van der Waals surface area contributed by atoms with Gasteiger partial charge in [0, 0.05) is 11.9 Å². The van der Waals surface area contributed by atoms with Crippen LogP contribution in [0.5, 0.6) is 5.75 Å². The number of amides is 2. The molecule has 0 bridgehead atoms. The average Bonchev–Trinajstić information content (AvgIpc) is 3.12. The van der Waals surface area contributed by atoms with Crippen LogP contribution < -0.4 is 20.8 Å². The molecule has 3 rings (SSSR count). The van der Waals surface area contributed by atoms with Crippen molar-refractivity contribution in [1.82, 2.24) is 10.6 Å². The molecule has 1 aliphatic heterocycles. The third kappa shape index (κ3) is 8.72. The smallest absolute Gasteiger partial charge is 0.489 e. The Morgan fingerprint density at radius 2 is 1.55 bits per heavy atom. The van der Waals surface area contributed by atoms with E-state index < -0.39 is 54.0 Å². The first-order chi connectivity index (χ1) is 19.5. The average molecular weight is 583 g/mol. The Morgan fingerprint density at radius 1 is 0.929 bits per heavy atom. The summed E-state index contributed by atoms with van der Waals surface area (Å²) < 4.78 is 29.0. The Balaban J connectivity index is 1.83. The van der Waals surface area contributed by atoms with Crippen LogP contribution in [0.15, 0.2) is 48.5 Å². The molecule has 0 saturated carbocycles. The van der Waals surface area contributed by atoms with Crippen molar-refractivity contribution in [1.29, 1.82) is 0 Å². The molecule has 2 aromatic rings. The molecule has 0 spiro atoms. The first kappa shape index (κ1) is 32.9. The molecule has 1 heterocycles. The molecule has 2 atom stereocenters. The summed E-state index contributed by atoms with van der Waals surface area (Å²) >= 11 is 0. The lowest BCUT2D eigenvalue weighted by molar-refractivity contribution is -0.145. The summed E-state index contributed by atoms with van der Waals surface area (Å²) in [5.41, 5.74) is 0.505. The molecule has 2 amide bonds. The lowest BCUT2D eigenvalue weighted by Crippen LogP contribution is -2.52. The highest BCUT2D eigenvalue weighted by Crippen LogP contribution is 2.37. The van der Waals surface area contributed by atoms with Gasteiger partial charge in [0.25, 0.3) is 0 Å². The number of nitrogens with one attached hydrogen (secondary N) is 2.